The van der Waals surface area contributed by atoms with Crippen molar-refractivity contribution in [1.29, 1.82) is 0 Å². The van der Waals surface area contributed by atoms with Crippen molar-refractivity contribution in [3.63, 3.8) is 0 Å². The lowest BCUT2D eigenvalue weighted by Gasteiger charge is -2.32. The van der Waals surface area contributed by atoms with Crippen LogP contribution in [0.5, 0.6) is 0 Å². The number of carbonyl (C=O) groups is 1. The fraction of sp³-hybridized carbons (Fsp3) is 0.250. The van der Waals surface area contributed by atoms with Crippen LogP contribution in [0.2, 0.25) is 0 Å². The summed E-state index contributed by atoms with van der Waals surface area (Å²) in [5, 5.41) is 6.95. The third-order valence-corrected chi connectivity index (χ3v) is 5.01. The van der Waals surface area contributed by atoms with Gasteiger partial charge < -0.3 is 14.6 Å². The molecule has 5 rings (SSSR count). The zero-order chi connectivity index (χ0) is 19.6. The molecule has 0 unspecified atom stereocenters. The number of amides is 1. The highest BCUT2D eigenvalue weighted by Gasteiger charge is 2.36. The number of hydrogen-bond donors (Lipinski definition) is 1. The zero-order valence-corrected chi connectivity index (χ0v) is 15.4. The summed E-state index contributed by atoms with van der Waals surface area (Å²) in [7, 11) is 0. The van der Waals surface area contributed by atoms with Crippen LogP contribution in [-0.2, 0) is 11.3 Å². The lowest BCUT2D eigenvalue weighted by molar-refractivity contribution is 0.125. The van der Waals surface area contributed by atoms with Crippen molar-refractivity contribution < 1.29 is 14.1 Å². The number of fused-ring (bicyclic) bond motifs is 1. The second-order valence-electron chi connectivity index (χ2n) is 6.98. The van der Waals surface area contributed by atoms with E-state index in [4.69, 9.17) is 9.26 Å². The van der Waals surface area contributed by atoms with E-state index >= 15 is 0 Å². The predicted molar refractivity (Wildman–Crippen MR) is 102 cm³/mol. The topological polar surface area (TPSA) is 107 Å². The highest BCUT2D eigenvalue weighted by molar-refractivity contribution is 5.67. The largest absolute Gasteiger partial charge is 0.445 e. The number of carbonyl (C=O) groups excluding carboxylic acids is 1. The van der Waals surface area contributed by atoms with E-state index in [0.717, 1.165) is 29.7 Å². The average Bonchev–Trinajstić information content (AvgIpc) is 3.36. The van der Waals surface area contributed by atoms with Crippen molar-refractivity contribution in [3.8, 4) is 11.5 Å². The molecule has 1 fully saturated rings. The summed E-state index contributed by atoms with van der Waals surface area (Å²) in [6, 6.07) is 9.62. The smallest absolute Gasteiger partial charge is 0.407 e. The fourth-order valence-corrected chi connectivity index (χ4v) is 3.38. The Labute approximate surface area is 165 Å². The van der Waals surface area contributed by atoms with Crippen LogP contribution in [0.3, 0.4) is 0 Å². The molecule has 4 aromatic rings. The number of imidazole rings is 1. The summed E-state index contributed by atoms with van der Waals surface area (Å²) in [6.45, 7) is 0.255. The first-order valence-electron chi connectivity index (χ1n) is 9.34. The molecule has 3 aromatic heterocycles. The molecule has 1 aliphatic rings. The number of nitrogens with one attached hydrogen (secondary N) is 1. The molecule has 1 aromatic carbocycles. The van der Waals surface area contributed by atoms with E-state index < -0.39 is 6.09 Å². The number of hydrogen-bond acceptors (Lipinski definition) is 7. The summed E-state index contributed by atoms with van der Waals surface area (Å²) in [5.74, 6) is 1.17. The van der Waals surface area contributed by atoms with Gasteiger partial charge in [-0.05, 0) is 18.4 Å². The maximum absolute atomic E-state index is 11.9. The zero-order valence-electron chi connectivity index (χ0n) is 15.4. The molecule has 0 aliphatic heterocycles. The van der Waals surface area contributed by atoms with Gasteiger partial charge in [-0.25, -0.2) is 9.78 Å². The highest BCUT2D eigenvalue weighted by atomic mass is 16.5. The van der Waals surface area contributed by atoms with E-state index in [2.05, 4.69) is 25.4 Å². The van der Waals surface area contributed by atoms with Gasteiger partial charge in [0.15, 0.2) is 5.65 Å². The van der Waals surface area contributed by atoms with Gasteiger partial charge in [-0.3, -0.25) is 9.38 Å². The molecule has 0 bridgehead atoms. The average molecular weight is 390 g/mol. The maximum Gasteiger partial charge on any atom is 0.407 e. The number of ether oxygens (including phenoxy) is 1. The van der Waals surface area contributed by atoms with Gasteiger partial charge in [0.25, 0.3) is 0 Å². The lowest BCUT2D eigenvalue weighted by atomic mass is 9.80. The minimum Gasteiger partial charge on any atom is -0.445 e. The second-order valence-corrected chi connectivity index (χ2v) is 6.98. The molecule has 3 heterocycles. The molecule has 0 spiro atoms. The Bertz CT molecular complexity index is 1130. The summed E-state index contributed by atoms with van der Waals surface area (Å²) < 4.78 is 12.5. The molecule has 0 atom stereocenters. The van der Waals surface area contributed by atoms with E-state index in [0.29, 0.717) is 11.7 Å². The first-order valence-corrected chi connectivity index (χ1v) is 9.34. The van der Waals surface area contributed by atoms with Crippen molar-refractivity contribution in [3.05, 3.63) is 66.6 Å². The SMILES string of the molecule is O=C(NC1CC(c2nc(-c3cnc4cnccn34)no2)C1)OCc1ccccc1. The Kier molecular flexibility index (Phi) is 4.39. The van der Waals surface area contributed by atoms with Crippen molar-refractivity contribution in [2.45, 2.75) is 31.4 Å². The van der Waals surface area contributed by atoms with Gasteiger partial charge in [-0.2, -0.15) is 4.98 Å². The highest BCUT2D eigenvalue weighted by Crippen LogP contribution is 2.36. The number of nitrogens with zero attached hydrogens (tertiary/aromatic N) is 5. The number of rotatable bonds is 5. The van der Waals surface area contributed by atoms with Gasteiger partial charge in [0.1, 0.15) is 12.3 Å². The molecule has 9 nitrogen and oxygen atoms in total. The Balaban J connectivity index is 1.15. The van der Waals surface area contributed by atoms with Gasteiger partial charge >= 0.3 is 6.09 Å². The van der Waals surface area contributed by atoms with Crippen molar-refractivity contribution in [2.24, 2.45) is 0 Å². The van der Waals surface area contributed by atoms with Gasteiger partial charge in [-0.1, -0.05) is 35.5 Å². The van der Waals surface area contributed by atoms with Gasteiger partial charge in [0, 0.05) is 24.4 Å². The molecule has 9 heteroatoms. The Morgan fingerprint density at radius 1 is 1.24 bits per heavy atom. The van der Waals surface area contributed by atoms with E-state index in [1.807, 2.05) is 34.7 Å². The van der Waals surface area contributed by atoms with Crippen LogP contribution in [-0.4, -0.2) is 36.6 Å². The third kappa shape index (κ3) is 3.54. The quantitative estimate of drug-likeness (QED) is 0.558. The second kappa shape index (κ2) is 7.34. The summed E-state index contributed by atoms with van der Waals surface area (Å²) >= 11 is 0. The van der Waals surface area contributed by atoms with E-state index in [1.165, 1.54) is 0 Å². The molecular formula is C20H18N6O3. The third-order valence-electron chi connectivity index (χ3n) is 5.01. The van der Waals surface area contributed by atoms with Crippen LogP contribution in [0.25, 0.3) is 17.2 Å². The maximum atomic E-state index is 11.9. The molecule has 1 amide bonds. The monoisotopic (exact) mass is 390 g/mol. The van der Waals surface area contributed by atoms with Crippen LogP contribution in [0.4, 0.5) is 4.79 Å². The Hall–Kier alpha value is -3.75. The van der Waals surface area contributed by atoms with Crippen molar-refractivity contribution in [2.75, 3.05) is 0 Å². The van der Waals surface area contributed by atoms with Crippen molar-refractivity contribution in [1.82, 2.24) is 29.8 Å². The number of alkyl carbamates (subject to hydrolysis) is 1. The molecule has 1 saturated carbocycles. The van der Waals surface area contributed by atoms with Gasteiger partial charge in [0.2, 0.25) is 11.7 Å². The minimum absolute atomic E-state index is 0.0421. The van der Waals surface area contributed by atoms with E-state index in [-0.39, 0.29) is 18.6 Å². The van der Waals surface area contributed by atoms with Crippen LogP contribution in [0.15, 0.2) is 59.6 Å². The fourth-order valence-electron chi connectivity index (χ4n) is 3.38. The van der Waals surface area contributed by atoms with E-state index in [1.54, 1.807) is 24.8 Å². The van der Waals surface area contributed by atoms with Crippen LogP contribution in [0, 0.1) is 0 Å². The molecule has 0 saturated heterocycles. The van der Waals surface area contributed by atoms with Crippen LogP contribution < -0.4 is 5.32 Å². The first-order chi connectivity index (χ1) is 14.3. The van der Waals surface area contributed by atoms with E-state index in [9.17, 15) is 4.79 Å². The molecule has 1 N–H and O–H groups in total. The molecule has 1 aliphatic carbocycles. The predicted octanol–water partition coefficient (Wildman–Crippen LogP) is 2.95. The summed E-state index contributed by atoms with van der Waals surface area (Å²) in [4.78, 5) is 24.8. The van der Waals surface area contributed by atoms with Crippen LogP contribution in [0.1, 0.15) is 30.2 Å². The minimum atomic E-state index is -0.414. The summed E-state index contributed by atoms with van der Waals surface area (Å²) in [6.07, 6.45) is 7.90. The van der Waals surface area contributed by atoms with Gasteiger partial charge in [-0.15, -0.1) is 0 Å². The number of benzene rings is 1. The Morgan fingerprint density at radius 3 is 2.97 bits per heavy atom. The lowest BCUT2D eigenvalue weighted by Crippen LogP contribution is -2.43. The van der Waals surface area contributed by atoms with Gasteiger partial charge in [0.05, 0.1) is 12.4 Å². The molecule has 0 radical (unpaired) electrons. The molecular weight excluding hydrogens is 372 g/mol. The molecule has 29 heavy (non-hydrogen) atoms. The first kappa shape index (κ1) is 17.4. The Morgan fingerprint density at radius 2 is 2.10 bits per heavy atom. The van der Waals surface area contributed by atoms with Crippen molar-refractivity contribution >= 4 is 11.7 Å². The van der Waals surface area contributed by atoms with Crippen LogP contribution >= 0.6 is 0 Å². The summed E-state index contributed by atoms with van der Waals surface area (Å²) in [5.41, 5.74) is 2.42. The molecule has 146 valence electrons. The normalized spacial score (nSPS) is 18.3. The number of aromatic nitrogens is 5. The standard InChI is InChI=1S/C20H18N6O3/c27-20(28-12-13-4-2-1-3-5-13)23-15-8-14(9-15)19-24-18(25-29-19)16-10-22-17-11-21-6-7-26(16)17/h1-7,10-11,14-15H,8-9,12H2,(H,23,27).